The lowest BCUT2D eigenvalue weighted by Crippen LogP contribution is -2.08. The molecule has 6 rings (SSSR count). The van der Waals surface area contributed by atoms with E-state index >= 15 is 0 Å². The molecular formula is C29H27N. The van der Waals surface area contributed by atoms with Gasteiger partial charge in [0.15, 0.2) is 0 Å². The number of nitrogens with zero attached hydrogens (tertiary/aromatic N) is 1. The summed E-state index contributed by atoms with van der Waals surface area (Å²) in [5, 5.41) is 8.17. The summed E-state index contributed by atoms with van der Waals surface area (Å²) in [6, 6.07) is 26.1. The molecule has 148 valence electrons. The van der Waals surface area contributed by atoms with Crippen molar-refractivity contribution in [1.29, 1.82) is 0 Å². The van der Waals surface area contributed by atoms with E-state index in [-0.39, 0.29) is 0 Å². The molecule has 4 aromatic carbocycles. The summed E-state index contributed by atoms with van der Waals surface area (Å²) < 4.78 is 0. The topological polar surface area (TPSA) is 12.9 Å². The van der Waals surface area contributed by atoms with Gasteiger partial charge in [0.25, 0.3) is 0 Å². The van der Waals surface area contributed by atoms with Gasteiger partial charge in [-0.25, -0.2) is 0 Å². The van der Waals surface area contributed by atoms with E-state index in [2.05, 4.69) is 73.4 Å². The summed E-state index contributed by atoms with van der Waals surface area (Å²) in [5.74, 6) is 0.717. The van der Waals surface area contributed by atoms with Crippen LogP contribution in [0.3, 0.4) is 0 Å². The standard InChI is InChI=1S/C20H20.C9H7N/c1-13-6-5-9-18-16(13)10-11-19-17-8-4-3-7-15(17)12-14(2)20(18)19;1-2-4-9-7-10-6-5-8(9)3-1/h3-4,7-8,10-13H,5-6,9H2,1-2H3;1-7H. The van der Waals surface area contributed by atoms with Crippen LogP contribution in [-0.2, 0) is 6.42 Å². The monoisotopic (exact) mass is 389 g/mol. The molecule has 0 saturated carbocycles. The summed E-state index contributed by atoms with van der Waals surface area (Å²) in [5.41, 5.74) is 4.64. The molecule has 0 saturated heterocycles. The molecule has 1 aliphatic rings. The van der Waals surface area contributed by atoms with Gasteiger partial charge >= 0.3 is 0 Å². The van der Waals surface area contributed by atoms with Crippen molar-refractivity contribution in [2.45, 2.75) is 39.0 Å². The molecule has 0 aliphatic heterocycles. The molecule has 1 nitrogen and oxygen atoms in total. The summed E-state index contributed by atoms with van der Waals surface area (Å²) in [6.07, 6.45) is 7.60. The van der Waals surface area contributed by atoms with Crippen molar-refractivity contribution in [3.63, 3.8) is 0 Å². The molecule has 0 N–H and O–H groups in total. The predicted octanol–water partition coefficient (Wildman–Crippen LogP) is 7.98. The Morgan fingerprint density at radius 3 is 2.40 bits per heavy atom. The van der Waals surface area contributed by atoms with Crippen LogP contribution in [0.2, 0.25) is 0 Å². The molecule has 1 aliphatic carbocycles. The maximum Gasteiger partial charge on any atom is 0.0346 e. The van der Waals surface area contributed by atoms with E-state index in [9.17, 15) is 0 Å². The van der Waals surface area contributed by atoms with E-state index in [1.807, 2.05) is 30.6 Å². The van der Waals surface area contributed by atoms with Gasteiger partial charge in [0.1, 0.15) is 0 Å². The van der Waals surface area contributed by atoms with E-state index < -0.39 is 0 Å². The molecule has 1 heterocycles. The van der Waals surface area contributed by atoms with Gasteiger partial charge in [0.05, 0.1) is 0 Å². The number of hydrogen-bond donors (Lipinski definition) is 0. The molecule has 0 radical (unpaired) electrons. The van der Waals surface area contributed by atoms with Crippen LogP contribution in [0, 0.1) is 6.92 Å². The predicted molar refractivity (Wildman–Crippen MR) is 129 cm³/mol. The van der Waals surface area contributed by atoms with Crippen molar-refractivity contribution >= 4 is 32.3 Å². The lowest BCUT2D eigenvalue weighted by atomic mass is 9.80. The highest BCUT2D eigenvalue weighted by Crippen LogP contribution is 2.39. The number of benzene rings is 4. The number of hydrogen-bond acceptors (Lipinski definition) is 1. The van der Waals surface area contributed by atoms with Gasteiger partial charge in [-0.15, -0.1) is 0 Å². The van der Waals surface area contributed by atoms with Crippen LogP contribution in [0.5, 0.6) is 0 Å². The second-order valence-electron chi connectivity index (χ2n) is 8.49. The summed E-state index contributed by atoms with van der Waals surface area (Å²) in [7, 11) is 0. The normalized spacial score (nSPS) is 15.6. The third kappa shape index (κ3) is 3.35. The second-order valence-corrected chi connectivity index (χ2v) is 8.49. The molecule has 0 spiro atoms. The smallest absolute Gasteiger partial charge is 0.0346 e. The van der Waals surface area contributed by atoms with Gasteiger partial charge in [-0.2, -0.15) is 0 Å². The number of aromatic nitrogens is 1. The first-order chi connectivity index (χ1) is 14.7. The Morgan fingerprint density at radius 2 is 1.57 bits per heavy atom. The van der Waals surface area contributed by atoms with Crippen molar-refractivity contribution in [2.75, 3.05) is 0 Å². The first kappa shape index (κ1) is 18.8. The molecule has 1 aromatic heterocycles. The first-order valence-electron chi connectivity index (χ1n) is 10.9. The summed E-state index contributed by atoms with van der Waals surface area (Å²) in [4.78, 5) is 4.01. The Bertz CT molecular complexity index is 1280. The maximum atomic E-state index is 4.01. The summed E-state index contributed by atoms with van der Waals surface area (Å²) in [6.45, 7) is 4.65. The fourth-order valence-corrected chi connectivity index (χ4v) is 5.01. The Kier molecular flexibility index (Phi) is 4.96. The number of fused-ring (bicyclic) bond motifs is 6. The van der Waals surface area contributed by atoms with E-state index in [0.29, 0.717) is 5.92 Å². The molecule has 5 aromatic rings. The van der Waals surface area contributed by atoms with Gasteiger partial charge in [-0.1, -0.05) is 73.7 Å². The zero-order valence-corrected chi connectivity index (χ0v) is 17.7. The highest BCUT2D eigenvalue weighted by Gasteiger charge is 2.19. The second kappa shape index (κ2) is 7.91. The van der Waals surface area contributed by atoms with Crippen LogP contribution in [0.15, 0.2) is 85.2 Å². The van der Waals surface area contributed by atoms with E-state index in [1.54, 1.807) is 11.1 Å². The highest BCUT2D eigenvalue weighted by atomic mass is 14.6. The van der Waals surface area contributed by atoms with Gasteiger partial charge in [-0.3, -0.25) is 4.98 Å². The van der Waals surface area contributed by atoms with Crippen molar-refractivity contribution in [3.05, 3.63) is 102 Å². The molecule has 0 fully saturated rings. The minimum Gasteiger partial charge on any atom is -0.264 e. The third-order valence-electron chi connectivity index (χ3n) is 6.51. The Balaban J connectivity index is 0.000000161. The molecule has 30 heavy (non-hydrogen) atoms. The quantitative estimate of drug-likeness (QED) is 0.245. The van der Waals surface area contributed by atoms with Gasteiger partial charge in [-0.05, 0) is 87.2 Å². The van der Waals surface area contributed by atoms with Crippen molar-refractivity contribution < 1.29 is 0 Å². The van der Waals surface area contributed by atoms with Crippen molar-refractivity contribution in [3.8, 4) is 0 Å². The highest BCUT2D eigenvalue weighted by molar-refractivity contribution is 6.10. The van der Waals surface area contributed by atoms with Gasteiger partial charge < -0.3 is 0 Å². The van der Waals surface area contributed by atoms with E-state index in [1.165, 1.54) is 57.1 Å². The first-order valence-corrected chi connectivity index (χ1v) is 10.9. The van der Waals surface area contributed by atoms with Crippen LogP contribution in [0.25, 0.3) is 32.3 Å². The maximum absolute atomic E-state index is 4.01. The van der Waals surface area contributed by atoms with Crippen molar-refractivity contribution in [1.82, 2.24) is 4.98 Å². The molecule has 0 bridgehead atoms. The zero-order valence-electron chi connectivity index (χ0n) is 17.7. The van der Waals surface area contributed by atoms with Crippen LogP contribution in [0.1, 0.15) is 42.4 Å². The molecule has 1 atom stereocenters. The van der Waals surface area contributed by atoms with Gasteiger partial charge in [0, 0.05) is 12.4 Å². The fourth-order valence-electron chi connectivity index (χ4n) is 5.01. The minimum absolute atomic E-state index is 0.717. The fraction of sp³-hybridized carbons (Fsp3) is 0.207. The van der Waals surface area contributed by atoms with Crippen LogP contribution >= 0.6 is 0 Å². The number of aryl methyl sites for hydroxylation is 2. The van der Waals surface area contributed by atoms with E-state index in [0.717, 1.165) is 0 Å². The Labute approximate surface area is 178 Å². The molecular weight excluding hydrogens is 362 g/mol. The number of rotatable bonds is 0. The summed E-state index contributed by atoms with van der Waals surface area (Å²) >= 11 is 0. The average molecular weight is 390 g/mol. The number of pyridine rings is 1. The van der Waals surface area contributed by atoms with Crippen LogP contribution in [-0.4, -0.2) is 4.98 Å². The van der Waals surface area contributed by atoms with Gasteiger partial charge in [0.2, 0.25) is 0 Å². The zero-order chi connectivity index (χ0) is 20.5. The minimum atomic E-state index is 0.717. The lowest BCUT2D eigenvalue weighted by Gasteiger charge is -2.25. The molecule has 0 amide bonds. The molecule has 1 unspecified atom stereocenters. The Morgan fingerprint density at radius 1 is 0.800 bits per heavy atom. The van der Waals surface area contributed by atoms with E-state index in [4.69, 9.17) is 0 Å². The SMILES string of the molecule is Cc1cc2ccccc2c2ccc3c(c12)CCCC3C.c1ccc2cnccc2c1. The largest absolute Gasteiger partial charge is 0.264 e. The lowest BCUT2D eigenvalue weighted by molar-refractivity contribution is 0.593. The van der Waals surface area contributed by atoms with Crippen molar-refractivity contribution in [2.24, 2.45) is 0 Å². The Hall–Kier alpha value is -3.19. The molecule has 1 heteroatoms. The van der Waals surface area contributed by atoms with Crippen LogP contribution in [0.4, 0.5) is 0 Å². The van der Waals surface area contributed by atoms with Crippen LogP contribution < -0.4 is 0 Å². The average Bonchev–Trinajstić information content (AvgIpc) is 2.79. The third-order valence-corrected chi connectivity index (χ3v) is 6.51.